The predicted octanol–water partition coefficient (Wildman–Crippen LogP) is 2.53. The Hall–Kier alpha value is -0.940. The maximum atomic E-state index is 13.1. The van der Waals surface area contributed by atoms with Gasteiger partial charge >= 0.3 is 0 Å². The lowest BCUT2D eigenvalue weighted by atomic mass is 10.2. The highest BCUT2D eigenvalue weighted by Gasteiger charge is 2.36. The summed E-state index contributed by atoms with van der Waals surface area (Å²) in [6, 6.07) is 6.26. The average molecular weight is 271 g/mol. The van der Waals surface area contributed by atoms with Crippen molar-refractivity contribution in [3.8, 4) is 0 Å². The van der Waals surface area contributed by atoms with Crippen LogP contribution in [0.15, 0.2) is 24.3 Å². The Morgan fingerprint density at radius 1 is 1.39 bits per heavy atom. The molecule has 1 aromatic carbocycles. The predicted molar refractivity (Wildman–Crippen MR) is 69.0 cm³/mol. The molecule has 0 amide bonds. The quantitative estimate of drug-likeness (QED) is 0.797. The van der Waals surface area contributed by atoms with Crippen LogP contribution >= 0.6 is 0 Å². The van der Waals surface area contributed by atoms with Crippen LogP contribution in [-0.2, 0) is 16.6 Å². The highest BCUT2D eigenvalue weighted by atomic mass is 32.2. The lowest BCUT2D eigenvalue weighted by Gasteiger charge is -2.21. The molecule has 0 saturated heterocycles. The van der Waals surface area contributed by atoms with Crippen molar-refractivity contribution in [2.45, 2.75) is 38.8 Å². The van der Waals surface area contributed by atoms with Gasteiger partial charge in [0.05, 0.1) is 5.75 Å². The minimum absolute atomic E-state index is 0.116. The number of nitrogens with zero attached hydrogens (tertiary/aromatic N) is 1. The highest BCUT2D eigenvalue weighted by Crippen LogP contribution is 2.31. The van der Waals surface area contributed by atoms with E-state index in [0.717, 1.165) is 12.8 Å². The first-order valence-electron chi connectivity index (χ1n) is 6.27. The summed E-state index contributed by atoms with van der Waals surface area (Å²) < 4.78 is 38.9. The Balaban J connectivity index is 2.17. The van der Waals surface area contributed by atoms with E-state index < -0.39 is 10.0 Å². The average Bonchev–Trinajstić information content (AvgIpc) is 3.09. The van der Waals surface area contributed by atoms with Crippen LogP contribution in [0.5, 0.6) is 0 Å². The Morgan fingerprint density at radius 2 is 2.11 bits per heavy atom. The van der Waals surface area contributed by atoms with Gasteiger partial charge in [0.15, 0.2) is 0 Å². The summed E-state index contributed by atoms with van der Waals surface area (Å²) in [6.07, 6.45) is 2.44. The van der Waals surface area contributed by atoms with Gasteiger partial charge in [-0.25, -0.2) is 12.8 Å². The van der Waals surface area contributed by atoms with E-state index in [1.807, 2.05) is 6.92 Å². The van der Waals surface area contributed by atoms with Crippen molar-refractivity contribution in [1.82, 2.24) is 4.31 Å². The molecule has 0 spiro atoms. The van der Waals surface area contributed by atoms with Crippen LogP contribution in [0.3, 0.4) is 0 Å². The maximum Gasteiger partial charge on any atom is 0.214 e. The van der Waals surface area contributed by atoms with Crippen LogP contribution in [0, 0.1) is 5.82 Å². The first kappa shape index (κ1) is 13.5. The molecule has 0 heterocycles. The summed E-state index contributed by atoms with van der Waals surface area (Å²) in [5.74, 6) is -0.158. The summed E-state index contributed by atoms with van der Waals surface area (Å²) in [7, 11) is -3.21. The second-order valence-corrected chi connectivity index (χ2v) is 6.76. The lowest BCUT2D eigenvalue weighted by Crippen LogP contribution is -2.34. The molecule has 0 aliphatic heterocycles. The number of hydrogen-bond donors (Lipinski definition) is 0. The van der Waals surface area contributed by atoms with Gasteiger partial charge in [0.2, 0.25) is 10.0 Å². The molecule has 0 N–H and O–H groups in total. The second kappa shape index (κ2) is 5.36. The summed E-state index contributed by atoms with van der Waals surface area (Å²) in [6.45, 7) is 2.13. The molecule has 3 nitrogen and oxygen atoms in total. The number of sulfonamides is 1. The highest BCUT2D eigenvalue weighted by molar-refractivity contribution is 7.89. The minimum Gasteiger partial charge on any atom is -0.212 e. The molecule has 0 radical (unpaired) electrons. The van der Waals surface area contributed by atoms with Crippen LogP contribution < -0.4 is 0 Å². The summed E-state index contributed by atoms with van der Waals surface area (Å²) >= 11 is 0. The van der Waals surface area contributed by atoms with E-state index in [4.69, 9.17) is 0 Å². The molecular formula is C13H18FNO2S. The SMILES string of the molecule is CCCS(=O)(=O)N(Cc1cccc(F)c1)C1CC1. The molecule has 0 unspecified atom stereocenters. The molecule has 18 heavy (non-hydrogen) atoms. The third-order valence-electron chi connectivity index (χ3n) is 3.00. The number of rotatable bonds is 6. The third kappa shape index (κ3) is 3.29. The summed E-state index contributed by atoms with van der Waals surface area (Å²) in [5.41, 5.74) is 0.710. The fourth-order valence-electron chi connectivity index (χ4n) is 2.01. The largest absolute Gasteiger partial charge is 0.214 e. The van der Waals surface area contributed by atoms with Gasteiger partial charge < -0.3 is 0 Å². The van der Waals surface area contributed by atoms with Crippen molar-refractivity contribution in [1.29, 1.82) is 0 Å². The summed E-state index contributed by atoms with van der Waals surface area (Å²) in [4.78, 5) is 0. The monoisotopic (exact) mass is 271 g/mol. The Morgan fingerprint density at radius 3 is 2.67 bits per heavy atom. The Bertz CT molecular complexity index is 511. The number of halogens is 1. The van der Waals surface area contributed by atoms with Crippen LogP contribution in [0.4, 0.5) is 4.39 Å². The molecule has 0 aromatic heterocycles. The van der Waals surface area contributed by atoms with E-state index in [2.05, 4.69) is 0 Å². The van der Waals surface area contributed by atoms with Gasteiger partial charge in [0, 0.05) is 12.6 Å². The van der Waals surface area contributed by atoms with E-state index in [1.54, 1.807) is 12.1 Å². The zero-order valence-corrected chi connectivity index (χ0v) is 11.3. The zero-order valence-electron chi connectivity index (χ0n) is 10.5. The molecule has 2 rings (SSSR count). The van der Waals surface area contributed by atoms with Gasteiger partial charge in [-0.2, -0.15) is 4.31 Å². The molecule has 1 fully saturated rings. The smallest absolute Gasteiger partial charge is 0.212 e. The van der Waals surface area contributed by atoms with Crippen molar-refractivity contribution in [2.24, 2.45) is 0 Å². The van der Waals surface area contributed by atoms with Crippen LogP contribution in [0.2, 0.25) is 0 Å². The fourth-order valence-corrected chi connectivity index (χ4v) is 3.77. The topological polar surface area (TPSA) is 37.4 Å². The van der Waals surface area contributed by atoms with Gasteiger partial charge in [-0.05, 0) is 37.0 Å². The molecule has 100 valence electrons. The summed E-state index contributed by atoms with van der Waals surface area (Å²) in [5, 5.41) is 0. The van der Waals surface area contributed by atoms with Crippen molar-refractivity contribution in [2.75, 3.05) is 5.75 Å². The van der Waals surface area contributed by atoms with E-state index in [-0.39, 0.29) is 24.2 Å². The Kier molecular flexibility index (Phi) is 4.02. The standard InChI is InChI=1S/C13H18FNO2S/c1-2-8-18(16,17)15(13-6-7-13)10-11-4-3-5-12(14)9-11/h3-5,9,13H,2,6-8,10H2,1H3. The van der Waals surface area contributed by atoms with Crippen LogP contribution in [-0.4, -0.2) is 24.5 Å². The molecule has 5 heteroatoms. The molecule has 0 bridgehead atoms. The molecule has 1 aromatic rings. The third-order valence-corrected chi connectivity index (χ3v) is 5.07. The van der Waals surface area contributed by atoms with E-state index in [1.165, 1.54) is 16.4 Å². The molecule has 1 saturated carbocycles. The number of benzene rings is 1. The van der Waals surface area contributed by atoms with Crippen molar-refractivity contribution < 1.29 is 12.8 Å². The van der Waals surface area contributed by atoms with Gasteiger partial charge in [0.1, 0.15) is 5.82 Å². The Labute approximate surface area is 108 Å². The molecule has 1 aliphatic carbocycles. The molecular weight excluding hydrogens is 253 g/mol. The van der Waals surface area contributed by atoms with Crippen molar-refractivity contribution in [3.05, 3.63) is 35.6 Å². The maximum absolute atomic E-state index is 13.1. The lowest BCUT2D eigenvalue weighted by molar-refractivity contribution is 0.397. The van der Waals surface area contributed by atoms with E-state index in [9.17, 15) is 12.8 Å². The molecule has 1 aliphatic rings. The van der Waals surface area contributed by atoms with Crippen LogP contribution in [0.25, 0.3) is 0 Å². The van der Waals surface area contributed by atoms with E-state index in [0.29, 0.717) is 12.0 Å². The minimum atomic E-state index is -3.21. The van der Waals surface area contributed by atoms with Gasteiger partial charge in [0.25, 0.3) is 0 Å². The first-order chi connectivity index (χ1) is 8.53. The first-order valence-corrected chi connectivity index (χ1v) is 7.88. The van der Waals surface area contributed by atoms with Crippen molar-refractivity contribution in [3.63, 3.8) is 0 Å². The van der Waals surface area contributed by atoms with Gasteiger partial charge in [-0.3, -0.25) is 0 Å². The van der Waals surface area contributed by atoms with E-state index >= 15 is 0 Å². The van der Waals surface area contributed by atoms with Crippen molar-refractivity contribution >= 4 is 10.0 Å². The zero-order chi connectivity index (χ0) is 13.2. The normalized spacial score (nSPS) is 16.2. The van der Waals surface area contributed by atoms with Crippen LogP contribution in [0.1, 0.15) is 31.7 Å². The second-order valence-electron chi connectivity index (χ2n) is 4.72. The van der Waals surface area contributed by atoms with Gasteiger partial charge in [-0.1, -0.05) is 19.1 Å². The molecule has 0 atom stereocenters. The fraction of sp³-hybridized carbons (Fsp3) is 0.538. The number of hydrogen-bond acceptors (Lipinski definition) is 2. The van der Waals surface area contributed by atoms with Gasteiger partial charge in [-0.15, -0.1) is 0 Å².